The standard InChI is InChI=1S/C18H30N2/c1-13-10-16(18(4,5)6)8-9-17(13)20-12-14(2)19(7)11-15(20)3/h8-10,14-15H,11-12H2,1-7H3/t14-,15+/m0/s1. The summed E-state index contributed by atoms with van der Waals surface area (Å²) in [6.45, 7) is 16.0. The fourth-order valence-corrected chi connectivity index (χ4v) is 3.08. The molecule has 0 amide bonds. The molecule has 0 bridgehead atoms. The van der Waals surface area contributed by atoms with E-state index >= 15 is 0 Å². The van der Waals surface area contributed by atoms with Crippen LogP contribution in [-0.4, -0.2) is 37.1 Å². The van der Waals surface area contributed by atoms with E-state index in [2.05, 4.69) is 76.6 Å². The molecule has 112 valence electrons. The minimum absolute atomic E-state index is 0.227. The molecule has 1 aliphatic rings. The van der Waals surface area contributed by atoms with Crippen LogP contribution in [0.1, 0.15) is 45.7 Å². The van der Waals surface area contributed by atoms with Crippen molar-refractivity contribution >= 4 is 5.69 Å². The van der Waals surface area contributed by atoms with Gasteiger partial charge in [0.05, 0.1) is 0 Å². The maximum absolute atomic E-state index is 2.58. The second kappa shape index (κ2) is 5.40. The molecule has 0 N–H and O–H groups in total. The summed E-state index contributed by atoms with van der Waals surface area (Å²) in [5.41, 5.74) is 4.46. The summed E-state index contributed by atoms with van der Waals surface area (Å²) in [4.78, 5) is 5.03. The van der Waals surface area contributed by atoms with Crippen molar-refractivity contribution in [1.82, 2.24) is 4.90 Å². The van der Waals surface area contributed by atoms with Crippen LogP contribution in [0, 0.1) is 6.92 Å². The van der Waals surface area contributed by atoms with Gasteiger partial charge in [-0.1, -0.05) is 32.9 Å². The monoisotopic (exact) mass is 274 g/mol. The van der Waals surface area contributed by atoms with Crippen molar-refractivity contribution in [1.29, 1.82) is 0 Å². The average Bonchev–Trinajstić information content (AvgIpc) is 2.33. The molecule has 0 spiro atoms. The zero-order chi connectivity index (χ0) is 15.1. The molecule has 0 aliphatic carbocycles. The van der Waals surface area contributed by atoms with Crippen LogP contribution >= 0.6 is 0 Å². The predicted molar refractivity (Wildman–Crippen MR) is 88.8 cm³/mol. The topological polar surface area (TPSA) is 6.48 Å². The Hall–Kier alpha value is -1.02. The third-order valence-electron chi connectivity index (χ3n) is 4.67. The van der Waals surface area contributed by atoms with E-state index in [1.165, 1.54) is 16.8 Å². The van der Waals surface area contributed by atoms with Gasteiger partial charge in [-0.15, -0.1) is 0 Å². The number of hydrogen-bond acceptors (Lipinski definition) is 2. The molecule has 2 atom stereocenters. The lowest BCUT2D eigenvalue weighted by atomic mass is 9.86. The van der Waals surface area contributed by atoms with Crippen LogP contribution < -0.4 is 4.90 Å². The van der Waals surface area contributed by atoms with Gasteiger partial charge in [-0.3, -0.25) is 4.90 Å². The van der Waals surface area contributed by atoms with Gasteiger partial charge in [0.25, 0.3) is 0 Å². The van der Waals surface area contributed by atoms with E-state index in [0.29, 0.717) is 12.1 Å². The molecular weight excluding hydrogens is 244 g/mol. The SMILES string of the molecule is Cc1cc(C(C)(C)C)ccc1N1C[C@H](C)N(C)C[C@H]1C. The number of benzene rings is 1. The van der Waals surface area contributed by atoms with Gasteiger partial charge in [-0.05, 0) is 50.4 Å². The number of anilines is 1. The summed E-state index contributed by atoms with van der Waals surface area (Å²) in [6, 6.07) is 8.19. The molecule has 2 heteroatoms. The summed E-state index contributed by atoms with van der Waals surface area (Å²) >= 11 is 0. The van der Waals surface area contributed by atoms with Crippen molar-refractivity contribution in [2.75, 3.05) is 25.0 Å². The second-order valence-corrected chi connectivity index (χ2v) is 7.54. The second-order valence-electron chi connectivity index (χ2n) is 7.54. The van der Waals surface area contributed by atoms with Crippen LogP contribution in [0.3, 0.4) is 0 Å². The fourth-order valence-electron chi connectivity index (χ4n) is 3.08. The highest BCUT2D eigenvalue weighted by Crippen LogP contribution is 2.30. The Labute approximate surface area is 124 Å². The summed E-state index contributed by atoms with van der Waals surface area (Å²) in [6.07, 6.45) is 0. The molecule has 0 unspecified atom stereocenters. The fraction of sp³-hybridized carbons (Fsp3) is 0.667. The van der Waals surface area contributed by atoms with E-state index in [0.717, 1.165) is 13.1 Å². The lowest BCUT2D eigenvalue weighted by Crippen LogP contribution is -2.55. The zero-order valence-corrected chi connectivity index (χ0v) is 14.2. The molecule has 1 aromatic rings. The molecule has 2 rings (SSSR count). The summed E-state index contributed by atoms with van der Waals surface area (Å²) in [7, 11) is 2.23. The summed E-state index contributed by atoms with van der Waals surface area (Å²) in [5.74, 6) is 0. The van der Waals surface area contributed by atoms with Crippen molar-refractivity contribution in [3.05, 3.63) is 29.3 Å². The van der Waals surface area contributed by atoms with Gasteiger partial charge in [-0.25, -0.2) is 0 Å². The highest BCUT2D eigenvalue weighted by Gasteiger charge is 2.27. The number of aryl methyl sites for hydroxylation is 1. The van der Waals surface area contributed by atoms with Gasteiger partial charge in [0, 0.05) is 30.9 Å². The normalized spacial score (nSPS) is 25.1. The van der Waals surface area contributed by atoms with E-state index < -0.39 is 0 Å². The van der Waals surface area contributed by atoms with Crippen molar-refractivity contribution in [3.63, 3.8) is 0 Å². The molecule has 1 saturated heterocycles. The maximum atomic E-state index is 2.58. The number of likely N-dealkylation sites (N-methyl/N-ethyl adjacent to an activating group) is 1. The van der Waals surface area contributed by atoms with Gasteiger partial charge in [0.1, 0.15) is 0 Å². The van der Waals surface area contributed by atoms with E-state index in [-0.39, 0.29) is 5.41 Å². The van der Waals surface area contributed by atoms with Crippen LogP contribution in [0.4, 0.5) is 5.69 Å². The summed E-state index contributed by atoms with van der Waals surface area (Å²) in [5, 5.41) is 0. The van der Waals surface area contributed by atoms with Crippen molar-refractivity contribution in [3.8, 4) is 0 Å². The van der Waals surface area contributed by atoms with E-state index in [1.807, 2.05) is 0 Å². The van der Waals surface area contributed by atoms with Gasteiger partial charge in [-0.2, -0.15) is 0 Å². The molecule has 1 aromatic carbocycles. The Morgan fingerprint density at radius 3 is 2.25 bits per heavy atom. The van der Waals surface area contributed by atoms with Gasteiger partial charge >= 0.3 is 0 Å². The van der Waals surface area contributed by atoms with Gasteiger partial charge in [0.2, 0.25) is 0 Å². The number of nitrogens with zero attached hydrogens (tertiary/aromatic N) is 2. The van der Waals surface area contributed by atoms with Crippen LogP contribution in [0.5, 0.6) is 0 Å². The van der Waals surface area contributed by atoms with Crippen LogP contribution in [0.25, 0.3) is 0 Å². The van der Waals surface area contributed by atoms with Gasteiger partial charge < -0.3 is 4.90 Å². The first-order valence-corrected chi connectivity index (χ1v) is 7.78. The Morgan fingerprint density at radius 1 is 1.05 bits per heavy atom. The van der Waals surface area contributed by atoms with E-state index in [4.69, 9.17) is 0 Å². The molecular formula is C18H30N2. The van der Waals surface area contributed by atoms with Crippen LogP contribution in [-0.2, 0) is 5.41 Å². The van der Waals surface area contributed by atoms with Crippen molar-refractivity contribution in [2.45, 2.75) is 59.0 Å². The minimum atomic E-state index is 0.227. The lowest BCUT2D eigenvalue weighted by molar-refractivity contribution is 0.205. The average molecular weight is 274 g/mol. The molecule has 1 fully saturated rings. The molecule has 1 aliphatic heterocycles. The maximum Gasteiger partial charge on any atom is 0.0399 e. The lowest BCUT2D eigenvalue weighted by Gasteiger charge is -2.44. The largest absolute Gasteiger partial charge is 0.366 e. The molecule has 0 radical (unpaired) electrons. The number of piperazine rings is 1. The predicted octanol–water partition coefficient (Wildman–Crippen LogP) is 3.82. The molecule has 20 heavy (non-hydrogen) atoms. The van der Waals surface area contributed by atoms with E-state index in [1.54, 1.807) is 0 Å². The Bertz CT molecular complexity index is 473. The quantitative estimate of drug-likeness (QED) is 0.768. The molecule has 0 saturated carbocycles. The molecule has 2 nitrogen and oxygen atoms in total. The Morgan fingerprint density at radius 2 is 1.70 bits per heavy atom. The summed E-state index contributed by atoms with van der Waals surface area (Å²) < 4.78 is 0. The van der Waals surface area contributed by atoms with E-state index in [9.17, 15) is 0 Å². The third kappa shape index (κ3) is 3.01. The molecule has 0 aromatic heterocycles. The Balaban J connectivity index is 2.29. The first-order chi connectivity index (χ1) is 9.20. The highest BCUT2D eigenvalue weighted by atomic mass is 15.3. The van der Waals surface area contributed by atoms with Crippen LogP contribution in [0.15, 0.2) is 18.2 Å². The first kappa shape index (κ1) is 15.4. The highest BCUT2D eigenvalue weighted by molar-refractivity contribution is 5.56. The van der Waals surface area contributed by atoms with Crippen molar-refractivity contribution in [2.24, 2.45) is 0 Å². The Kier molecular flexibility index (Phi) is 4.15. The minimum Gasteiger partial charge on any atom is -0.366 e. The smallest absolute Gasteiger partial charge is 0.0399 e. The van der Waals surface area contributed by atoms with Crippen LogP contribution in [0.2, 0.25) is 0 Å². The van der Waals surface area contributed by atoms with Crippen molar-refractivity contribution < 1.29 is 0 Å². The molecule has 1 heterocycles. The number of hydrogen-bond donors (Lipinski definition) is 0. The zero-order valence-electron chi connectivity index (χ0n) is 14.2. The van der Waals surface area contributed by atoms with Gasteiger partial charge in [0.15, 0.2) is 0 Å². The first-order valence-electron chi connectivity index (χ1n) is 7.78. The number of rotatable bonds is 1. The third-order valence-corrected chi connectivity index (χ3v) is 4.67.